The number of amides is 2. The van der Waals surface area contributed by atoms with Crippen LogP contribution < -0.4 is 5.43 Å². The number of carbonyl (C=O) groups excluding carboxylic acids is 1. The zero-order chi connectivity index (χ0) is 13.0. The number of nitrogens with one attached hydrogen (secondary N) is 1. The number of hydrogen-bond acceptors (Lipinski definition) is 3. The van der Waals surface area contributed by atoms with Crippen LogP contribution in [-0.2, 0) is 4.79 Å². The highest BCUT2D eigenvalue weighted by molar-refractivity contribution is 5.82. The fraction of sp³-hybridized carbons (Fsp3) is 0.833. The second-order valence-corrected chi connectivity index (χ2v) is 5.01. The second-order valence-electron chi connectivity index (χ2n) is 5.01. The van der Waals surface area contributed by atoms with E-state index in [0.29, 0.717) is 13.0 Å². The molecule has 0 aromatic rings. The van der Waals surface area contributed by atoms with E-state index in [1.54, 1.807) is 0 Å². The van der Waals surface area contributed by atoms with Crippen molar-refractivity contribution in [2.24, 2.45) is 0 Å². The molecule has 2 N–H and O–H groups in total. The summed E-state index contributed by atoms with van der Waals surface area (Å²) in [5, 5.41) is 11.0. The maximum Gasteiger partial charge on any atom is 0.332 e. The highest BCUT2D eigenvalue weighted by Gasteiger charge is 2.32. The van der Waals surface area contributed by atoms with E-state index in [4.69, 9.17) is 5.11 Å². The van der Waals surface area contributed by atoms with Crippen LogP contribution in [0.15, 0.2) is 0 Å². The lowest BCUT2D eigenvalue weighted by Gasteiger charge is -2.35. The summed E-state index contributed by atoms with van der Waals surface area (Å²) in [6, 6.07) is -0.924. The number of piperidine rings is 2. The second kappa shape index (κ2) is 6.04. The van der Waals surface area contributed by atoms with Crippen LogP contribution in [0.4, 0.5) is 4.79 Å². The van der Waals surface area contributed by atoms with Gasteiger partial charge in [-0.25, -0.2) is 14.6 Å². The van der Waals surface area contributed by atoms with Crippen LogP contribution in [0.1, 0.15) is 38.5 Å². The van der Waals surface area contributed by atoms with Crippen LogP contribution in [0, 0.1) is 0 Å². The van der Waals surface area contributed by atoms with E-state index in [-0.39, 0.29) is 6.03 Å². The van der Waals surface area contributed by atoms with E-state index >= 15 is 0 Å². The molecule has 2 saturated heterocycles. The van der Waals surface area contributed by atoms with Gasteiger partial charge >= 0.3 is 12.0 Å². The molecule has 0 aromatic heterocycles. The summed E-state index contributed by atoms with van der Waals surface area (Å²) >= 11 is 0. The molecule has 2 aliphatic rings. The molecule has 0 spiro atoms. The number of carbonyl (C=O) groups is 2. The molecule has 0 aliphatic carbocycles. The van der Waals surface area contributed by atoms with Gasteiger partial charge < -0.3 is 10.0 Å². The van der Waals surface area contributed by atoms with E-state index in [1.165, 1.54) is 11.3 Å². The Morgan fingerprint density at radius 1 is 1.00 bits per heavy atom. The summed E-state index contributed by atoms with van der Waals surface area (Å²) < 4.78 is 0. The molecule has 0 radical (unpaired) electrons. The van der Waals surface area contributed by atoms with Gasteiger partial charge in [0.05, 0.1) is 0 Å². The predicted molar refractivity (Wildman–Crippen MR) is 65.9 cm³/mol. The Kier molecular flexibility index (Phi) is 4.41. The number of rotatable bonds is 2. The van der Waals surface area contributed by atoms with Crippen molar-refractivity contribution in [1.29, 1.82) is 0 Å². The Labute approximate surface area is 107 Å². The van der Waals surface area contributed by atoms with Crippen molar-refractivity contribution in [1.82, 2.24) is 15.3 Å². The molecule has 6 heteroatoms. The lowest BCUT2D eigenvalue weighted by Crippen LogP contribution is -2.56. The van der Waals surface area contributed by atoms with Gasteiger partial charge in [-0.15, -0.1) is 0 Å². The lowest BCUT2D eigenvalue weighted by atomic mass is 10.0. The van der Waals surface area contributed by atoms with E-state index in [1.807, 2.05) is 5.01 Å². The van der Waals surface area contributed by atoms with Gasteiger partial charge in [0.15, 0.2) is 0 Å². The molecule has 0 bridgehead atoms. The van der Waals surface area contributed by atoms with E-state index in [9.17, 15) is 9.59 Å². The zero-order valence-electron chi connectivity index (χ0n) is 10.6. The van der Waals surface area contributed by atoms with Crippen molar-refractivity contribution >= 4 is 12.0 Å². The molecule has 2 amide bonds. The first-order valence-corrected chi connectivity index (χ1v) is 6.73. The monoisotopic (exact) mass is 255 g/mol. The number of likely N-dealkylation sites (tertiary alicyclic amines) is 1. The van der Waals surface area contributed by atoms with Gasteiger partial charge in [-0.05, 0) is 32.1 Å². The van der Waals surface area contributed by atoms with Gasteiger partial charge in [-0.1, -0.05) is 6.42 Å². The van der Waals surface area contributed by atoms with Crippen molar-refractivity contribution in [2.45, 2.75) is 44.6 Å². The van der Waals surface area contributed by atoms with Crippen LogP contribution in [0.5, 0.6) is 0 Å². The number of urea groups is 1. The third kappa shape index (κ3) is 3.13. The van der Waals surface area contributed by atoms with Crippen molar-refractivity contribution in [3.05, 3.63) is 0 Å². The van der Waals surface area contributed by atoms with Gasteiger partial charge in [-0.3, -0.25) is 5.43 Å². The average molecular weight is 255 g/mol. The summed E-state index contributed by atoms with van der Waals surface area (Å²) in [5.41, 5.74) is 2.83. The minimum Gasteiger partial charge on any atom is -0.480 e. The van der Waals surface area contributed by atoms with Gasteiger partial charge in [0.1, 0.15) is 6.04 Å². The van der Waals surface area contributed by atoms with Gasteiger partial charge in [-0.2, -0.15) is 0 Å². The molecule has 2 rings (SSSR count). The number of aliphatic carboxylic acids is 1. The van der Waals surface area contributed by atoms with Crippen molar-refractivity contribution in [3.63, 3.8) is 0 Å². The van der Waals surface area contributed by atoms with Crippen molar-refractivity contribution < 1.29 is 14.7 Å². The first kappa shape index (κ1) is 13.1. The molecular weight excluding hydrogens is 234 g/mol. The summed E-state index contributed by atoms with van der Waals surface area (Å²) in [7, 11) is 0. The summed E-state index contributed by atoms with van der Waals surface area (Å²) in [6.07, 6.45) is 5.70. The fourth-order valence-electron chi connectivity index (χ4n) is 2.64. The molecule has 1 unspecified atom stereocenters. The molecule has 0 saturated carbocycles. The first-order chi connectivity index (χ1) is 8.68. The summed E-state index contributed by atoms with van der Waals surface area (Å²) in [6.45, 7) is 2.26. The number of carboxylic acid groups (broad SMARTS) is 1. The number of nitrogens with zero attached hydrogens (tertiary/aromatic N) is 2. The SMILES string of the molecule is O=C(O)C1CCCCN1C(=O)NN1CCCCC1. The van der Waals surface area contributed by atoms with Crippen LogP contribution in [-0.4, -0.2) is 52.7 Å². The highest BCUT2D eigenvalue weighted by Crippen LogP contribution is 2.17. The molecule has 2 heterocycles. The van der Waals surface area contributed by atoms with Crippen molar-refractivity contribution in [3.8, 4) is 0 Å². The van der Waals surface area contributed by atoms with E-state index in [2.05, 4.69) is 5.43 Å². The number of hydrazine groups is 1. The molecule has 1 atom stereocenters. The first-order valence-electron chi connectivity index (χ1n) is 6.73. The van der Waals surface area contributed by atoms with Crippen LogP contribution in [0.2, 0.25) is 0 Å². The van der Waals surface area contributed by atoms with Gasteiger partial charge in [0.2, 0.25) is 0 Å². The third-order valence-electron chi connectivity index (χ3n) is 3.66. The van der Waals surface area contributed by atoms with Gasteiger partial charge in [0, 0.05) is 19.6 Å². The Bertz CT molecular complexity index is 316. The quantitative estimate of drug-likeness (QED) is 0.773. The normalized spacial score (nSPS) is 25.8. The Hall–Kier alpha value is -1.30. The largest absolute Gasteiger partial charge is 0.480 e. The molecule has 102 valence electrons. The summed E-state index contributed by atoms with van der Waals surface area (Å²) in [5.74, 6) is -0.900. The molecule has 6 nitrogen and oxygen atoms in total. The standard InChI is InChI=1S/C12H21N3O3/c16-11(17)10-6-2-5-9-15(10)12(18)13-14-7-3-1-4-8-14/h10H,1-9H2,(H,13,18)(H,16,17). The topological polar surface area (TPSA) is 72.9 Å². The third-order valence-corrected chi connectivity index (χ3v) is 3.66. The van der Waals surface area contributed by atoms with Gasteiger partial charge in [0.25, 0.3) is 0 Å². The molecule has 2 fully saturated rings. The number of carboxylic acids is 1. The zero-order valence-corrected chi connectivity index (χ0v) is 10.6. The minimum atomic E-state index is -0.900. The fourth-order valence-corrected chi connectivity index (χ4v) is 2.64. The highest BCUT2D eigenvalue weighted by atomic mass is 16.4. The maximum absolute atomic E-state index is 12.1. The van der Waals surface area contributed by atoms with Crippen molar-refractivity contribution in [2.75, 3.05) is 19.6 Å². The lowest BCUT2D eigenvalue weighted by molar-refractivity contribution is -0.143. The average Bonchev–Trinajstić information content (AvgIpc) is 2.40. The van der Waals surface area contributed by atoms with Crippen LogP contribution in [0.3, 0.4) is 0 Å². The summed E-state index contributed by atoms with van der Waals surface area (Å²) in [4.78, 5) is 24.7. The number of hydrogen-bond donors (Lipinski definition) is 2. The molecule has 2 aliphatic heterocycles. The Morgan fingerprint density at radius 2 is 1.67 bits per heavy atom. The molecular formula is C12H21N3O3. The Morgan fingerprint density at radius 3 is 2.33 bits per heavy atom. The van der Waals surface area contributed by atoms with E-state index < -0.39 is 12.0 Å². The van der Waals surface area contributed by atoms with Crippen LogP contribution in [0.25, 0.3) is 0 Å². The molecule has 18 heavy (non-hydrogen) atoms. The molecule has 0 aromatic carbocycles. The van der Waals surface area contributed by atoms with Crippen LogP contribution >= 0.6 is 0 Å². The van der Waals surface area contributed by atoms with E-state index in [0.717, 1.165) is 38.8 Å². The predicted octanol–water partition coefficient (Wildman–Crippen LogP) is 1.04. The smallest absolute Gasteiger partial charge is 0.332 e. The minimum absolute atomic E-state index is 0.260. The maximum atomic E-state index is 12.1. The Balaban J connectivity index is 1.91.